The number of nitrogens with one attached hydrogen (secondary N) is 1. The Kier molecular flexibility index (Phi) is 4.56. The van der Waals surface area contributed by atoms with Gasteiger partial charge in [-0.15, -0.1) is 0 Å². The molecule has 1 atom stereocenters. The predicted octanol–water partition coefficient (Wildman–Crippen LogP) is 2.87. The lowest BCUT2D eigenvalue weighted by Crippen LogP contribution is -2.26. The maximum absolute atomic E-state index is 11.9. The molecule has 5 nitrogen and oxygen atoms in total. The third-order valence-corrected chi connectivity index (χ3v) is 2.95. The topological polar surface area (TPSA) is 79.5 Å². The molecule has 0 saturated carbocycles. The van der Waals surface area contributed by atoms with Gasteiger partial charge in [-0.25, -0.2) is 4.79 Å². The summed E-state index contributed by atoms with van der Waals surface area (Å²) in [6.07, 6.45) is 4.04. The summed E-state index contributed by atoms with van der Waals surface area (Å²) in [4.78, 5) is 22.3. The Balaban J connectivity index is 2.01. The van der Waals surface area contributed by atoms with Crippen LogP contribution >= 0.6 is 0 Å². The Bertz CT molecular complexity index is 641. The number of carbonyl (C=O) groups excluding carboxylic acids is 1. The Labute approximate surface area is 121 Å². The zero-order valence-corrected chi connectivity index (χ0v) is 11.4. The number of carbonyl (C=O) groups is 2. The lowest BCUT2D eigenvalue weighted by molar-refractivity contribution is -0.131. The van der Waals surface area contributed by atoms with Crippen LogP contribution in [0.5, 0.6) is 0 Å². The summed E-state index contributed by atoms with van der Waals surface area (Å²) in [5.41, 5.74) is 1.70. The molecule has 0 aliphatic carbocycles. The van der Waals surface area contributed by atoms with Crippen LogP contribution in [-0.4, -0.2) is 17.0 Å². The fourth-order valence-corrected chi connectivity index (χ4v) is 1.82. The molecule has 0 saturated heterocycles. The summed E-state index contributed by atoms with van der Waals surface area (Å²) in [5, 5.41) is 11.4. The van der Waals surface area contributed by atoms with E-state index in [2.05, 4.69) is 5.32 Å². The molecule has 1 heterocycles. The van der Waals surface area contributed by atoms with E-state index < -0.39 is 5.97 Å². The van der Waals surface area contributed by atoms with Gasteiger partial charge in [0.05, 0.1) is 12.3 Å². The standard InChI is InChI=1S/C16H15NO4/c1-11(17-16(20)14-3-2-10-21-14)13-7-4-12(5-8-13)6-9-15(18)19/h2-11H,1H3,(H,17,20)(H,18,19). The number of benzene rings is 1. The summed E-state index contributed by atoms with van der Waals surface area (Å²) < 4.78 is 5.03. The van der Waals surface area contributed by atoms with Crippen LogP contribution in [0.15, 0.2) is 53.2 Å². The average Bonchev–Trinajstić information content (AvgIpc) is 3.00. The van der Waals surface area contributed by atoms with E-state index >= 15 is 0 Å². The first-order valence-electron chi connectivity index (χ1n) is 6.41. The monoisotopic (exact) mass is 285 g/mol. The van der Waals surface area contributed by atoms with Crippen LogP contribution in [0.1, 0.15) is 34.6 Å². The molecule has 2 rings (SSSR count). The molecule has 1 unspecified atom stereocenters. The number of rotatable bonds is 5. The van der Waals surface area contributed by atoms with Gasteiger partial charge in [0, 0.05) is 6.08 Å². The SMILES string of the molecule is CC(NC(=O)c1ccco1)c1ccc(C=CC(=O)O)cc1. The second-order valence-corrected chi connectivity index (χ2v) is 4.51. The minimum atomic E-state index is -0.988. The van der Waals surface area contributed by atoms with Crippen LogP contribution in [0.25, 0.3) is 6.08 Å². The van der Waals surface area contributed by atoms with E-state index in [1.807, 2.05) is 19.1 Å². The molecular formula is C16H15NO4. The summed E-state index contributed by atoms with van der Waals surface area (Å²) in [5.74, 6) is -0.997. The first kappa shape index (κ1) is 14.6. The highest BCUT2D eigenvalue weighted by Gasteiger charge is 2.13. The van der Waals surface area contributed by atoms with Gasteiger partial charge in [0.25, 0.3) is 5.91 Å². The number of hydrogen-bond acceptors (Lipinski definition) is 3. The van der Waals surface area contributed by atoms with Gasteiger partial charge in [0.1, 0.15) is 0 Å². The largest absolute Gasteiger partial charge is 0.478 e. The number of hydrogen-bond donors (Lipinski definition) is 2. The highest BCUT2D eigenvalue weighted by Crippen LogP contribution is 2.15. The molecule has 1 aromatic carbocycles. The van der Waals surface area contributed by atoms with Crippen molar-refractivity contribution in [1.29, 1.82) is 0 Å². The van der Waals surface area contributed by atoms with Crippen molar-refractivity contribution >= 4 is 18.0 Å². The maximum Gasteiger partial charge on any atom is 0.328 e. The van der Waals surface area contributed by atoms with Crippen LogP contribution in [0.4, 0.5) is 0 Å². The minimum Gasteiger partial charge on any atom is -0.478 e. The van der Waals surface area contributed by atoms with Crippen molar-refractivity contribution in [3.05, 3.63) is 65.6 Å². The summed E-state index contributed by atoms with van der Waals surface area (Å²) in [7, 11) is 0. The predicted molar refractivity (Wildman–Crippen MR) is 77.7 cm³/mol. The van der Waals surface area contributed by atoms with E-state index in [9.17, 15) is 9.59 Å². The van der Waals surface area contributed by atoms with Crippen molar-refractivity contribution < 1.29 is 19.1 Å². The lowest BCUT2D eigenvalue weighted by Gasteiger charge is -2.13. The number of amides is 1. The fraction of sp³-hybridized carbons (Fsp3) is 0.125. The quantitative estimate of drug-likeness (QED) is 0.828. The number of carboxylic acids is 1. The first-order valence-corrected chi connectivity index (χ1v) is 6.41. The van der Waals surface area contributed by atoms with Gasteiger partial charge in [-0.1, -0.05) is 24.3 Å². The maximum atomic E-state index is 11.9. The van der Waals surface area contributed by atoms with Gasteiger partial charge in [-0.3, -0.25) is 4.79 Å². The molecule has 0 aliphatic heterocycles. The van der Waals surface area contributed by atoms with Crippen molar-refractivity contribution in [2.24, 2.45) is 0 Å². The second-order valence-electron chi connectivity index (χ2n) is 4.51. The highest BCUT2D eigenvalue weighted by atomic mass is 16.4. The van der Waals surface area contributed by atoms with Gasteiger partial charge in [0.2, 0.25) is 0 Å². The highest BCUT2D eigenvalue weighted by molar-refractivity contribution is 5.91. The summed E-state index contributed by atoms with van der Waals surface area (Å²) in [6.45, 7) is 1.86. The minimum absolute atomic E-state index is 0.180. The van der Waals surface area contributed by atoms with E-state index in [-0.39, 0.29) is 17.7 Å². The molecule has 2 N–H and O–H groups in total. The second kappa shape index (κ2) is 6.56. The van der Waals surface area contributed by atoms with E-state index in [1.54, 1.807) is 24.3 Å². The Morgan fingerprint density at radius 1 is 1.24 bits per heavy atom. The van der Waals surface area contributed by atoms with E-state index in [0.717, 1.165) is 17.2 Å². The molecule has 21 heavy (non-hydrogen) atoms. The van der Waals surface area contributed by atoms with Crippen molar-refractivity contribution in [3.63, 3.8) is 0 Å². The molecular weight excluding hydrogens is 270 g/mol. The van der Waals surface area contributed by atoms with Crippen molar-refractivity contribution in [2.75, 3.05) is 0 Å². The van der Waals surface area contributed by atoms with E-state index in [0.29, 0.717) is 0 Å². The van der Waals surface area contributed by atoms with Crippen molar-refractivity contribution in [3.8, 4) is 0 Å². The Morgan fingerprint density at radius 2 is 1.95 bits per heavy atom. The zero-order chi connectivity index (χ0) is 15.2. The Hall–Kier alpha value is -2.82. The number of furan rings is 1. The average molecular weight is 285 g/mol. The molecule has 0 radical (unpaired) electrons. The Morgan fingerprint density at radius 3 is 2.52 bits per heavy atom. The van der Waals surface area contributed by atoms with E-state index in [4.69, 9.17) is 9.52 Å². The van der Waals surface area contributed by atoms with Gasteiger partial charge in [-0.05, 0) is 36.3 Å². The zero-order valence-electron chi connectivity index (χ0n) is 11.4. The van der Waals surface area contributed by atoms with Gasteiger partial charge in [-0.2, -0.15) is 0 Å². The smallest absolute Gasteiger partial charge is 0.328 e. The third kappa shape index (κ3) is 4.07. The molecule has 0 fully saturated rings. The van der Waals surface area contributed by atoms with E-state index in [1.165, 1.54) is 12.3 Å². The number of aliphatic carboxylic acids is 1. The third-order valence-electron chi connectivity index (χ3n) is 2.95. The summed E-state index contributed by atoms with van der Waals surface area (Å²) >= 11 is 0. The number of carboxylic acid groups (broad SMARTS) is 1. The molecule has 1 amide bonds. The van der Waals surface area contributed by atoms with Crippen LogP contribution in [0.3, 0.4) is 0 Å². The molecule has 5 heteroatoms. The van der Waals surface area contributed by atoms with Crippen LogP contribution in [0.2, 0.25) is 0 Å². The molecule has 0 bridgehead atoms. The van der Waals surface area contributed by atoms with Gasteiger partial charge < -0.3 is 14.8 Å². The van der Waals surface area contributed by atoms with Crippen molar-refractivity contribution in [2.45, 2.75) is 13.0 Å². The normalized spacial score (nSPS) is 12.2. The van der Waals surface area contributed by atoms with Crippen LogP contribution in [0, 0.1) is 0 Å². The van der Waals surface area contributed by atoms with Gasteiger partial charge in [0.15, 0.2) is 5.76 Å². The molecule has 2 aromatic rings. The molecule has 108 valence electrons. The van der Waals surface area contributed by atoms with Gasteiger partial charge >= 0.3 is 5.97 Å². The summed E-state index contributed by atoms with van der Waals surface area (Å²) in [6, 6.07) is 10.4. The molecule has 1 aromatic heterocycles. The molecule has 0 aliphatic rings. The lowest BCUT2D eigenvalue weighted by atomic mass is 10.1. The first-order chi connectivity index (χ1) is 10.1. The van der Waals surface area contributed by atoms with Crippen LogP contribution in [-0.2, 0) is 4.79 Å². The fourth-order valence-electron chi connectivity index (χ4n) is 1.82. The van der Waals surface area contributed by atoms with Crippen molar-refractivity contribution in [1.82, 2.24) is 5.32 Å². The molecule has 0 spiro atoms. The van der Waals surface area contributed by atoms with Crippen LogP contribution < -0.4 is 5.32 Å².